The number of halogens is 2. The first kappa shape index (κ1) is 10.4. The van der Waals surface area contributed by atoms with E-state index in [0.717, 1.165) is 10.8 Å². The SMILES string of the molecule is Cc1cc(F)c(F)cc1[Si](C)(C)C. The average Bonchev–Trinajstić information content (AvgIpc) is 1.94. The van der Waals surface area contributed by atoms with Crippen LogP contribution in [0.5, 0.6) is 0 Å². The van der Waals surface area contributed by atoms with Gasteiger partial charge in [0.05, 0.1) is 8.07 Å². The highest BCUT2D eigenvalue weighted by atomic mass is 28.3. The van der Waals surface area contributed by atoms with Crippen molar-refractivity contribution in [3.63, 3.8) is 0 Å². The van der Waals surface area contributed by atoms with Gasteiger partial charge >= 0.3 is 0 Å². The van der Waals surface area contributed by atoms with Gasteiger partial charge in [-0.3, -0.25) is 0 Å². The lowest BCUT2D eigenvalue weighted by atomic mass is 10.2. The van der Waals surface area contributed by atoms with E-state index < -0.39 is 19.7 Å². The molecular formula is C10H14F2Si. The van der Waals surface area contributed by atoms with E-state index in [1.165, 1.54) is 12.1 Å². The minimum Gasteiger partial charge on any atom is -0.204 e. The van der Waals surface area contributed by atoms with Crippen molar-refractivity contribution in [2.75, 3.05) is 0 Å². The van der Waals surface area contributed by atoms with Gasteiger partial charge in [-0.15, -0.1) is 0 Å². The van der Waals surface area contributed by atoms with Gasteiger partial charge in [0, 0.05) is 0 Å². The van der Waals surface area contributed by atoms with Gasteiger partial charge in [0.15, 0.2) is 11.6 Å². The van der Waals surface area contributed by atoms with Crippen LogP contribution >= 0.6 is 0 Å². The fraction of sp³-hybridized carbons (Fsp3) is 0.400. The van der Waals surface area contributed by atoms with Gasteiger partial charge in [-0.1, -0.05) is 24.8 Å². The Morgan fingerprint density at radius 1 is 1.00 bits per heavy atom. The van der Waals surface area contributed by atoms with Crippen molar-refractivity contribution in [3.8, 4) is 0 Å². The summed E-state index contributed by atoms with van der Waals surface area (Å²) in [5.74, 6) is -1.48. The predicted octanol–water partition coefficient (Wildman–Crippen LogP) is 2.82. The molecule has 0 saturated carbocycles. The third-order valence-electron chi connectivity index (χ3n) is 2.08. The maximum atomic E-state index is 12.9. The lowest BCUT2D eigenvalue weighted by Gasteiger charge is -2.19. The van der Waals surface area contributed by atoms with Crippen LogP contribution in [-0.4, -0.2) is 8.07 Å². The van der Waals surface area contributed by atoms with Crippen LogP contribution in [0.4, 0.5) is 8.78 Å². The summed E-state index contributed by atoms with van der Waals surface area (Å²) in [6, 6.07) is 2.62. The van der Waals surface area contributed by atoms with Gasteiger partial charge in [-0.05, 0) is 24.6 Å². The van der Waals surface area contributed by atoms with Crippen LogP contribution in [0.3, 0.4) is 0 Å². The molecule has 0 aliphatic heterocycles. The molecule has 13 heavy (non-hydrogen) atoms. The fourth-order valence-corrected chi connectivity index (χ4v) is 3.27. The van der Waals surface area contributed by atoms with E-state index in [9.17, 15) is 8.78 Å². The van der Waals surface area contributed by atoms with Gasteiger partial charge in [-0.2, -0.15) is 0 Å². The monoisotopic (exact) mass is 200 g/mol. The van der Waals surface area contributed by atoms with Crippen molar-refractivity contribution in [1.29, 1.82) is 0 Å². The second-order valence-corrected chi connectivity index (χ2v) is 9.37. The highest BCUT2D eigenvalue weighted by Crippen LogP contribution is 2.11. The summed E-state index contributed by atoms with van der Waals surface area (Å²) in [6.07, 6.45) is 0. The van der Waals surface area contributed by atoms with Crippen molar-refractivity contribution in [2.45, 2.75) is 26.6 Å². The van der Waals surface area contributed by atoms with E-state index in [-0.39, 0.29) is 0 Å². The largest absolute Gasteiger partial charge is 0.204 e. The molecule has 0 aliphatic rings. The number of hydrogen-bond donors (Lipinski definition) is 0. The van der Waals surface area contributed by atoms with Crippen molar-refractivity contribution < 1.29 is 8.78 Å². The van der Waals surface area contributed by atoms with E-state index in [0.29, 0.717) is 0 Å². The molecule has 0 amide bonds. The van der Waals surface area contributed by atoms with E-state index >= 15 is 0 Å². The minimum absolute atomic E-state index is 0.733. The van der Waals surface area contributed by atoms with Crippen LogP contribution in [0, 0.1) is 18.6 Å². The van der Waals surface area contributed by atoms with Crippen LogP contribution in [0.2, 0.25) is 19.6 Å². The van der Waals surface area contributed by atoms with E-state index in [4.69, 9.17) is 0 Å². The third kappa shape index (κ3) is 2.15. The number of hydrogen-bond acceptors (Lipinski definition) is 0. The predicted molar refractivity (Wildman–Crippen MR) is 54.1 cm³/mol. The topological polar surface area (TPSA) is 0 Å². The van der Waals surface area contributed by atoms with E-state index in [1.807, 2.05) is 6.92 Å². The van der Waals surface area contributed by atoms with Gasteiger partial charge in [0.25, 0.3) is 0 Å². The summed E-state index contributed by atoms with van der Waals surface area (Å²) >= 11 is 0. The molecule has 0 aromatic heterocycles. The Hall–Kier alpha value is -0.703. The quantitative estimate of drug-likeness (QED) is 0.611. The number of aryl methyl sites for hydroxylation is 1. The van der Waals surface area contributed by atoms with Gasteiger partial charge in [-0.25, -0.2) is 8.78 Å². The smallest absolute Gasteiger partial charge is 0.159 e. The lowest BCUT2D eigenvalue weighted by Crippen LogP contribution is -2.39. The first-order chi connectivity index (χ1) is 5.82. The van der Waals surface area contributed by atoms with Gasteiger partial charge in [0.2, 0.25) is 0 Å². The van der Waals surface area contributed by atoms with Gasteiger partial charge < -0.3 is 0 Å². The van der Waals surface area contributed by atoms with Crippen LogP contribution < -0.4 is 5.19 Å². The Labute approximate surface area is 78.6 Å². The molecule has 0 fully saturated rings. The Kier molecular flexibility index (Phi) is 2.57. The van der Waals surface area contributed by atoms with Crippen LogP contribution in [0.25, 0.3) is 0 Å². The minimum atomic E-state index is -1.54. The summed E-state index contributed by atoms with van der Waals surface area (Å²) in [4.78, 5) is 0. The molecule has 0 unspecified atom stereocenters. The molecule has 1 aromatic rings. The number of benzene rings is 1. The van der Waals surface area contributed by atoms with Crippen LogP contribution in [-0.2, 0) is 0 Å². The molecule has 0 bridgehead atoms. The zero-order valence-corrected chi connectivity index (χ0v) is 9.41. The Bertz CT molecular complexity index is 326. The second kappa shape index (κ2) is 3.22. The highest BCUT2D eigenvalue weighted by Gasteiger charge is 2.20. The molecule has 0 aliphatic carbocycles. The van der Waals surface area contributed by atoms with E-state index in [2.05, 4.69) is 19.6 Å². The first-order valence-electron chi connectivity index (χ1n) is 4.28. The third-order valence-corrected chi connectivity index (χ3v) is 4.23. The van der Waals surface area contributed by atoms with E-state index in [1.54, 1.807) is 0 Å². The maximum Gasteiger partial charge on any atom is 0.159 e. The summed E-state index contributed by atoms with van der Waals surface area (Å²) in [5.41, 5.74) is 0.859. The average molecular weight is 200 g/mol. The molecule has 1 aromatic carbocycles. The zero-order valence-electron chi connectivity index (χ0n) is 8.41. The molecule has 0 atom stereocenters. The molecule has 0 spiro atoms. The summed E-state index contributed by atoms with van der Waals surface area (Å²) in [6.45, 7) is 8.18. The summed E-state index contributed by atoms with van der Waals surface area (Å²) in [5, 5.41) is 0.992. The fourth-order valence-electron chi connectivity index (χ4n) is 1.45. The maximum absolute atomic E-state index is 12.9. The Balaban J connectivity index is 3.32. The second-order valence-electron chi connectivity index (χ2n) is 4.33. The lowest BCUT2D eigenvalue weighted by molar-refractivity contribution is 0.508. The molecule has 0 nitrogen and oxygen atoms in total. The van der Waals surface area contributed by atoms with Crippen LogP contribution in [0.1, 0.15) is 5.56 Å². The molecule has 0 radical (unpaired) electrons. The molecule has 3 heteroatoms. The Morgan fingerprint density at radius 3 is 1.92 bits per heavy atom. The summed E-state index contributed by atoms with van der Waals surface area (Å²) < 4.78 is 25.7. The van der Waals surface area contributed by atoms with Crippen LogP contribution in [0.15, 0.2) is 12.1 Å². The van der Waals surface area contributed by atoms with Crippen molar-refractivity contribution in [1.82, 2.24) is 0 Å². The molecule has 1 rings (SSSR count). The molecule has 0 saturated heterocycles. The van der Waals surface area contributed by atoms with Crippen molar-refractivity contribution in [2.24, 2.45) is 0 Å². The molecular weight excluding hydrogens is 186 g/mol. The van der Waals surface area contributed by atoms with Gasteiger partial charge in [0.1, 0.15) is 0 Å². The zero-order chi connectivity index (χ0) is 10.2. The summed E-state index contributed by atoms with van der Waals surface area (Å²) in [7, 11) is -1.54. The molecule has 0 heterocycles. The normalized spacial score (nSPS) is 11.8. The van der Waals surface area contributed by atoms with Crippen molar-refractivity contribution in [3.05, 3.63) is 29.3 Å². The molecule has 72 valence electrons. The molecule has 0 N–H and O–H groups in total. The van der Waals surface area contributed by atoms with Crippen molar-refractivity contribution >= 4 is 13.3 Å². The highest BCUT2D eigenvalue weighted by molar-refractivity contribution is 6.89. The number of rotatable bonds is 1. The Morgan fingerprint density at radius 2 is 1.46 bits per heavy atom. The first-order valence-corrected chi connectivity index (χ1v) is 7.78. The standard InChI is InChI=1S/C10H14F2Si/c1-7-5-8(11)9(12)6-10(7)13(2,3)4/h5-6H,1-4H3.